The zero-order chi connectivity index (χ0) is 17.6. The number of carbonyl (C=O) groups is 2. The second-order valence-corrected chi connectivity index (χ2v) is 7.35. The first kappa shape index (κ1) is 18.2. The van der Waals surface area contributed by atoms with E-state index in [2.05, 4.69) is 10.6 Å². The van der Waals surface area contributed by atoms with Crippen LogP contribution in [0.1, 0.15) is 43.7 Å². The molecule has 3 rings (SSSR count). The molecule has 1 aliphatic carbocycles. The van der Waals surface area contributed by atoms with Gasteiger partial charge < -0.3 is 15.5 Å². The lowest BCUT2D eigenvalue weighted by Gasteiger charge is -2.37. The molecular formula is C19H26ClN3O2. The molecule has 1 unspecified atom stereocenters. The lowest BCUT2D eigenvalue weighted by Crippen LogP contribution is -2.51. The second-order valence-electron chi connectivity index (χ2n) is 6.91. The van der Waals surface area contributed by atoms with E-state index in [-0.39, 0.29) is 30.3 Å². The summed E-state index contributed by atoms with van der Waals surface area (Å²) in [6.45, 7) is 2.17. The summed E-state index contributed by atoms with van der Waals surface area (Å²) in [5, 5.41) is 6.85. The smallest absolute Gasteiger partial charge is 0.242 e. The highest BCUT2D eigenvalue weighted by Gasteiger charge is 2.29. The van der Waals surface area contributed by atoms with Crippen LogP contribution in [-0.4, -0.2) is 42.9 Å². The van der Waals surface area contributed by atoms with Gasteiger partial charge in [0.2, 0.25) is 11.8 Å². The van der Waals surface area contributed by atoms with Crippen molar-refractivity contribution in [3.8, 4) is 0 Å². The van der Waals surface area contributed by atoms with Gasteiger partial charge in [0.05, 0.1) is 12.6 Å². The minimum absolute atomic E-state index is 0.0301. The van der Waals surface area contributed by atoms with E-state index in [0.29, 0.717) is 18.1 Å². The van der Waals surface area contributed by atoms with Crippen molar-refractivity contribution in [1.29, 1.82) is 0 Å². The lowest BCUT2D eigenvalue weighted by atomic mass is 9.89. The van der Waals surface area contributed by atoms with Crippen LogP contribution in [0.5, 0.6) is 0 Å². The van der Waals surface area contributed by atoms with E-state index < -0.39 is 0 Å². The van der Waals surface area contributed by atoms with E-state index >= 15 is 0 Å². The fourth-order valence-electron chi connectivity index (χ4n) is 3.79. The molecule has 1 saturated heterocycles. The number of halogens is 1. The van der Waals surface area contributed by atoms with Crippen molar-refractivity contribution in [3.05, 3.63) is 34.9 Å². The van der Waals surface area contributed by atoms with Crippen LogP contribution in [0, 0.1) is 5.92 Å². The number of nitrogens with one attached hydrogen (secondary N) is 2. The van der Waals surface area contributed by atoms with Crippen LogP contribution in [0.15, 0.2) is 24.3 Å². The third kappa shape index (κ3) is 4.73. The van der Waals surface area contributed by atoms with Gasteiger partial charge in [-0.2, -0.15) is 0 Å². The minimum Gasteiger partial charge on any atom is -0.347 e. The van der Waals surface area contributed by atoms with E-state index in [9.17, 15) is 9.59 Å². The highest BCUT2D eigenvalue weighted by Crippen LogP contribution is 2.25. The monoisotopic (exact) mass is 363 g/mol. The van der Waals surface area contributed by atoms with Crippen molar-refractivity contribution < 1.29 is 9.59 Å². The Balaban J connectivity index is 1.60. The van der Waals surface area contributed by atoms with E-state index in [4.69, 9.17) is 11.6 Å². The molecular weight excluding hydrogens is 338 g/mol. The van der Waals surface area contributed by atoms with Gasteiger partial charge in [0, 0.05) is 30.6 Å². The highest BCUT2D eigenvalue weighted by molar-refractivity contribution is 6.30. The zero-order valence-electron chi connectivity index (χ0n) is 14.5. The molecule has 0 bridgehead atoms. The van der Waals surface area contributed by atoms with Crippen molar-refractivity contribution in [1.82, 2.24) is 15.5 Å². The van der Waals surface area contributed by atoms with E-state index in [1.54, 1.807) is 0 Å². The average Bonchev–Trinajstić information content (AvgIpc) is 2.66. The molecule has 136 valence electrons. The molecule has 6 heteroatoms. The van der Waals surface area contributed by atoms with Crippen LogP contribution < -0.4 is 10.6 Å². The molecule has 0 aromatic heterocycles. The fourth-order valence-corrected chi connectivity index (χ4v) is 3.99. The summed E-state index contributed by atoms with van der Waals surface area (Å²) in [7, 11) is 0. The topological polar surface area (TPSA) is 61.4 Å². The number of benzene rings is 1. The predicted molar refractivity (Wildman–Crippen MR) is 98.4 cm³/mol. The standard InChI is InChI=1S/C19H26ClN3O2/c20-16-8-4-7-15(11-16)17-12-21-9-10-23(17)18(24)13-22-19(25)14-5-2-1-3-6-14/h4,7-8,11,14,17,21H,1-3,5-6,9-10,12-13H2,(H,22,25). The van der Waals surface area contributed by atoms with E-state index in [1.165, 1.54) is 6.42 Å². The summed E-state index contributed by atoms with van der Waals surface area (Å²) in [6.07, 6.45) is 5.32. The Morgan fingerprint density at radius 3 is 2.80 bits per heavy atom. The Morgan fingerprint density at radius 1 is 1.24 bits per heavy atom. The first-order valence-electron chi connectivity index (χ1n) is 9.18. The molecule has 1 aromatic rings. The quantitative estimate of drug-likeness (QED) is 0.864. The maximum Gasteiger partial charge on any atom is 0.242 e. The number of piperazine rings is 1. The predicted octanol–water partition coefficient (Wildman–Crippen LogP) is 2.51. The van der Waals surface area contributed by atoms with Crippen LogP contribution in [0.25, 0.3) is 0 Å². The number of nitrogens with zero attached hydrogens (tertiary/aromatic N) is 1. The maximum atomic E-state index is 12.7. The van der Waals surface area contributed by atoms with Crippen LogP contribution in [0.3, 0.4) is 0 Å². The molecule has 0 spiro atoms. The van der Waals surface area contributed by atoms with Crippen molar-refractivity contribution >= 4 is 23.4 Å². The molecule has 0 radical (unpaired) electrons. The van der Waals surface area contributed by atoms with Crippen molar-refractivity contribution in [2.75, 3.05) is 26.2 Å². The second kappa shape index (κ2) is 8.68. The van der Waals surface area contributed by atoms with Gasteiger partial charge in [0.1, 0.15) is 0 Å². The molecule has 2 N–H and O–H groups in total. The van der Waals surface area contributed by atoms with Crippen LogP contribution in [-0.2, 0) is 9.59 Å². The first-order chi connectivity index (χ1) is 12.1. The summed E-state index contributed by atoms with van der Waals surface area (Å²) < 4.78 is 0. The summed E-state index contributed by atoms with van der Waals surface area (Å²) in [6, 6.07) is 7.58. The average molecular weight is 364 g/mol. The molecule has 1 aliphatic heterocycles. The summed E-state index contributed by atoms with van der Waals surface area (Å²) in [5.74, 6) is 0.0754. The largest absolute Gasteiger partial charge is 0.347 e. The van der Waals surface area contributed by atoms with Crippen LogP contribution in [0.2, 0.25) is 5.02 Å². The van der Waals surface area contributed by atoms with Crippen molar-refractivity contribution in [2.45, 2.75) is 38.1 Å². The Bertz CT molecular complexity index is 616. The van der Waals surface area contributed by atoms with Gasteiger partial charge in [0.25, 0.3) is 0 Å². The van der Waals surface area contributed by atoms with Gasteiger partial charge in [-0.25, -0.2) is 0 Å². The van der Waals surface area contributed by atoms with Gasteiger partial charge in [-0.05, 0) is 30.5 Å². The maximum absolute atomic E-state index is 12.7. The third-order valence-electron chi connectivity index (χ3n) is 5.19. The Hall–Kier alpha value is -1.59. The summed E-state index contributed by atoms with van der Waals surface area (Å²) in [4.78, 5) is 26.8. The highest BCUT2D eigenvalue weighted by atomic mass is 35.5. The minimum atomic E-state index is -0.0495. The third-order valence-corrected chi connectivity index (χ3v) is 5.42. The van der Waals surface area contributed by atoms with Gasteiger partial charge >= 0.3 is 0 Å². The van der Waals surface area contributed by atoms with Gasteiger partial charge in [-0.15, -0.1) is 0 Å². The Morgan fingerprint density at radius 2 is 2.04 bits per heavy atom. The number of carbonyl (C=O) groups excluding carboxylic acids is 2. The summed E-state index contributed by atoms with van der Waals surface area (Å²) >= 11 is 6.10. The number of rotatable bonds is 4. The zero-order valence-corrected chi connectivity index (χ0v) is 15.2. The fraction of sp³-hybridized carbons (Fsp3) is 0.579. The molecule has 1 atom stereocenters. The van der Waals surface area contributed by atoms with Crippen LogP contribution >= 0.6 is 11.6 Å². The molecule has 2 aliphatic rings. The van der Waals surface area contributed by atoms with Gasteiger partial charge in [0.15, 0.2) is 0 Å². The van der Waals surface area contributed by atoms with Crippen LogP contribution in [0.4, 0.5) is 0 Å². The number of hydrogen-bond donors (Lipinski definition) is 2. The van der Waals surface area contributed by atoms with E-state index in [0.717, 1.165) is 37.8 Å². The lowest BCUT2D eigenvalue weighted by molar-refractivity contribution is -0.136. The number of hydrogen-bond acceptors (Lipinski definition) is 3. The normalized spacial score (nSPS) is 21.8. The molecule has 1 aromatic carbocycles. The first-order valence-corrected chi connectivity index (χ1v) is 9.56. The van der Waals surface area contributed by atoms with Gasteiger partial charge in [-0.1, -0.05) is 43.0 Å². The van der Waals surface area contributed by atoms with E-state index in [1.807, 2.05) is 29.2 Å². The molecule has 1 saturated carbocycles. The molecule has 5 nitrogen and oxygen atoms in total. The Labute approximate surface area is 154 Å². The SMILES string of the molecule is O=C(NCC(=O)N1CCNCC1c1cccc(Cl)c1)C1CCCCC1. The van der Waals surface area contributed by atoms with Gasteiger partial charge in [-0.3, -0.25) is 9.59 Å². The number of amides is 2. The molecule has 2 amide bonds. The Kier molecular flexibility index (Phi) is 6.32. The molecule has 1 heterocycles. The molecule has 2 fully saturated rings. The van der Waals surface area contributed by atoms with Crippen molar-refractivity contribution in [2.24, 2.45) is 5.92 Å². The summed E-state index contributed by atoms with van der Waals surface area (Å²) in [5.41, 5.74) is 1.02. The molecule has 25 heavy (non-hydrogen) atoms. The van der Waals surface area contributed by atoms with Crippen molar-refractivity contribution in [3.63, 3.8) is 0 Å².